The fourth-order valence-corrected chi connectivity index (χ4v) is 3.86. The monoisotopic (exact) mass is 360 g/mol. The number of hydrogen-bond acceptors (Lipinski definition) is 5. The average molecular weight is 360 g/mol. The molecule has 2 heterocycles. The van der Waals surface area contributed by atoms with E-state index in [4.69, 9.17) is 9.47 Å². The second-order valence-corrected chi connectivity index (χ2v) is 6.80. The van der Waals surface area contributed by atoms with E-state index in [0.29, 0.717) is 24.5 Å². The van der Waals surface area contributed by atoms with Gasteiger partial charge < -0.3 is 14.8 Å². The summed E-state index contributed by atoms with van der Waals surface area (Å²) in [6.45, 7) is 6.27. The zero-order chi connectivity index (χ0) is 17.5. The molecule has 134 valence electrons. The maximum atomic E-state index is 12.7. The van der Waals surface area contributed by atoms with Crippen molar-refractivity contribution in [2.45, 2.75) is 13.0 Å². The Bertz CT molecular complexity index is 669. The maximum absolute atomic E-state index is 12.7. The van der Waals surface area contributed by atoms with Gasteiger partial charge in [-0.15, -0.1) is 11.3 Å². The molecule has 0 saturated carbocycles. The van der Waals surface area contributed by atoms with Gasteiger partial charge in [-0.25, -0.2) is 0 Å². The van der Waals surface area contributed by atoms with E-state index in [1.54, 1.807) is 17.4 Å². The summed E-state index contributed by atoms with van der Waals surface area (Å²) in [5, 5.41) is 5.17. The number of carbonyl (C=O) groups excluding carboxylic acids is 1. The summed E-state index contributed by atoms with van der Waals surface area (Å²) >= 11 is 1.72. The number of thiophene rings is 1. The Kier molecular flexibility index (Phi) is 6.44. The molecule has 25 heavy (non-hydrogen) atoms. The molecule has 1 aromatic carbocycles. The Morgan fingerprint density at radius 2 is 2.08 bits per heavy atom. The van der Waals surface area contributed by atoms with Crippen molar-refractivity contribution in [1.29, 1.82) is 0 Å². The lowest BCUT2D eigenvalue weighted by Gasteiger charge is -2.34. The molecular weight excluding hydrogens is 336 g/mol. The Labute approximate surface area is 152 Å². The maximum Gasteiger partial charge on any atom is 0.255 e. The highest BCUT2D eigenvalue weighted by atomic mass is 32.1. The molecule has 1 N–H and O–H groups in total. The lowest BCUT2D eigenvalue weighted by Crippen LogP contribution is -2.43. The van der Waals surface area contributed by atoms with Gasteiger partial charge in [0.1, 0.15) is 5.75 Å². The third-order valence-corrected chi connectivity index (χ3v) is 5.22. The molecular formula is C19H24N2O3S. The minimum atomic E-state index is -0.0983. The van der Waals surface area contributed by atoms with E-state index in [-0.39, 0.29) is 11.9 Å². The summed E-state index contributed by atoms with van der Waals surface area (Å²) < 4.78 is 11.0. The molecule has 1 atom stereocenters. The molecule has 2 aromatic rings. The summed E-state index contributed by atoms with van der Waals surface area (Å²) in [6, 6.07) is 11.7. The number of morpholine rings is 1. The average Bonchev–Trinajstić information content (AvgIpc) is 3.18. The van der Waals surface area contributed by atoms with E-state index in [0.717, 1.165) is 26.3 Å². The molecule has 1 aliphatic heterocycles. The van der Waals surface area contributed by atoms with Crippen LogP contribution in [-0.2, 0) is 4.74 Å². The smallest absolute Gasteiger partial charge is 0.255 e. The zero-order valence-electron chi connectivity index (χ0n) is 14.4. The van der Waals surface area contributed by atoms with Crippen molar-refractivity contribution < 1.29 is 14.3 Å². The van der Waals surface area contributed by atoms with E-state index in [9.17, 15) is 4.79 Å². The number of benzene rings is 1. The number of carbonyl (C=O) groups is 1. The third kappa shape index (κ3) is 4.60. The van der Waals surface area contributed by atoms with Crippen LogP contribution in [0.15, 0.2) is 41.8 Å². The number of nitrogens with one attached hydrogen (secondary N) is 1. The van der Waals surface area contributed by atoms with Gasteiger partial charge in [0.05, 0.1) is 31.4 Å². The fraction of sp³-hybridized carbons (Fsp3) is 0.421. The van der Waals surface area contributed by atoms with E-state index < -0.39 is 0 Å². The Balaban J connectivity index is 1.69. The van der Waals surface area contributed by atoms with Gasteiger partial charge in [0, 0.05) is 24.5 Å². The highest BCUT2D eigenvalue weighted by Crippen LogP contribution is 2.26. The predicted molar refractivity (Wildman–Crippen MR) is 99.4 cm³/mol. The largest absolute Gasteiger partial charge is 0.493 e. The van der Waals surface area contributed by atoms with Crippen LogP contribution in [0.2, 0.25) is 0 Å². The van der Waals surface area contributed by atoms with Gasteiger partial charge >= 0.3 is 0 Å². The molecule has 0 unspecified atom stereocenters. The fourth-order valence-electron chi connectivity index (χ4n) is 3.00. The number of amides is 1. The van der Waals surface area contributed by atoms with Gasteiger partial charge in [0.25, 0.3) is 5.91 Å². The first-order valence-corrected chi connectivity index (χ1v) is 9.52. The van der Waals surface area contributed by atoms with Crippen LogP contribution in [0.3, 0.4) is 0 Å². The Hall–Kier alpha value is -1.89. The summed E-state index contributed by atoms with van der Waals surface area (Å²) in [5.41, 5.74) is 0.580. The summed E-state index contributed by atoms with van der Waals surface area (Å²) in [7, 11) is 0. The first-order chi connectivity index (χ1) is 12.3. The lowest BCUT2D eigenvalue weighted by atomic mass is 10.1. The van der Waals surface area contributed by atoms with Crippen molar-refractivity contribution in [3.05, 3.63) is 52.2 Å². The van der Waals surface area contributed by atoms with Crippen LogP contribution in [0.25, 0.3) is 0 Å². The van der Waals surface area contributed by atoms with Crippen molar-refractivity contribution in [1.82, 2.24) is 10.2 Å². The first-order valence-electron chi connectivity index (χ1n) is 8.65. The molecule has 1 aromatic heterocycles. The van der Waals surface area contributed by atoms with Gasteiger partial charge in [-0.2, -0.15) is 0 Å². The van der Waals surface area contributed by atoms with Crippen LogP contribution < -0.4 is 10.1 Å². The molecule has 1 saturated heterocycles. The SMILES string of the molecule is CCOc1ccccc1C(=O)NC[C@H](c1cccs1)N1CCOCC1. The molecule has 1 amide bonds. The van der Waals surface area contributed by atoms with Crippen molar-refractivity contribution >= 4 is 17.2 Å². The van der Waals surface area contributed by atoms with E-state index in [1.807, 2.05) is 25.1 Å². The Morgan fingerprint density at radius 3 is 2.80 bits per heavy atom. The van der Waals surface area contributed by atoms with Crippen LogP contribution in [0.1, 0.15) is 28.2 Å². The minimum Gasteiger partial charge on any atom is -0.493 e. The van der Waals surface area contributed by atoms with Gasteiger partial charge in [-0.05, 0) is 30.5 Å². The van der Waals surface area contributed by atoms with Crippen LogP contribution in [0, 0.1) is 0 Å². The number of para-hydroxylation sites is 1. The third-order valence-electron chi connectivity index (χ3n) is 4.25. The van der Waals surface area contributed by atoms with E-state index >= 15 is 0 Å². The van der Waals surface area contributed by atoms with Crippen LogP contribution in [-0.4, -0.2) is 50.3 Å². The number of ether oxygens (including phenoxy) is 2. The lowest BCUT2D eigenvalue weighted by molar-refractivity contribution is 0.0169. The standard InChI is InChI=1S/C19H24N2O3S/c1-2-24-17-7-4-3-6-15(17)19(22)20-14-16(18-8-5-13-25-18)21-9-11-23-12-10-21/h3-8,13,16H,2,9-12,14H2,1H3,(H,20,22)/t16-/m1/s1. The molecule has 1 aliphatic rings. The predicted octanol–water partition coefficient (Wildman–Crippen LogP) is 2.95. The molecule has 0 aliphatic carbocycles. The highest BCUT2D eigenvalue weighted by Gasteiger charge is 2.24. The van der Waals surface area contributed by atoms with E-state index in [1.165, 1.54) is 4.88 Å². The topological polar surface area (TPSA) is 50.8 Å². The Morgan fingerprint density at radius 1 is 1.28 bits per heavy atom. The van der Waals surface area contributed by atoms with Crippen molar-refractivity contribution in [2.24, 2.45) is 0 Å². The molecule has 6 heteroatoms. The summed E-state index contributed by atoms with van der Waals surface area (Å²) in [4.78, 5) is 16.3. The van der Waals surface area contributed by atoms with Crippen LogP contribution in [0.5, 0.6) is 5.75 Å². The summed E-state index contributed by atoms with van der Waals surface area (Å²) in [6.07, 6.45) is 0. The van der Waals surface area contributed by atoms with Crippen molar-refractivity contribution in [3.8, 4) is 5.75 Å². The van der Waals surface area contributed by atoms with Crippen LogP contribution >= 0.6 is 11.3 Å². The first kappa shape index (κ1) is 17.9. The molecule has 3 rings (SSSR count). The molecule has 0 spiro atoms. The quantitative estimate of drug-likeness (QED) is 0.825. The molecule has 1 fully saturated rings. The normalized spacial score (nSPS) is 16.4. The van der Waals surface area contributed by atoms with Crippen molar-refractivity contribution in [2.75, 3.05) is 39.5 Å². The van der Waals surface area contributed by atoms with E-state index in [2.05, 4.69) is 27.7 Å². The van der Waals surface area contributed by atoms with Gasteiger partial charge in [-0.3, -0.25) is 9.69 Å². The number of nitrogens with zero attached hydrogens (tertiary/aromatic N) is 1. The summed E-state index contributed by atoms with van der Waals surface area (Å²) in [5.74, 6) is 0.528. The number of rotatable bonds is 7. The molecule has 5 nitrogen and oxygen atoms in total. The second-order valence-electron chi connectivity index (χ2n) is 5.82. The zero-order valence-corrected chi connectivity index (χ0v) is 15.3. The molecule has 0 radical (unpaired) electrons. The van der Waals surface area contributed by atoms with Gasteiger partial charge in [-0.1, -0.05) is 18.2 Å². The molecule has 0 bridgehead atoms. The number of hydrogen-bond donors (Lipinski definition) is 1. The van der Waals surface area contributed by atoms with Gasteiger partial charge in [0.15, 0.2) is 0 Å². The minimum absolute atomic E-state index is 0.0983. The van der Waals surface area contributed by atoms with Crippen molar-refractivity contribution in [3.63, 3.8) is 0 Å². The van der Waals surface area contributed by atoms with Gasteiger partial charge in [0.2, 0.25) is 0 Å². The van der Waals surface area contributed by atoms with Crippen LogP contribution in [0.4, 0.5) is 0 Å². The highest BCUT2D eigenvalue weighted by molar-refractivity contribution is 7.10. The second kappa shape index (κ2) is 8.99.